The highest BCUT2D eigenvalue weighted by molar-refractivity contribution is 7.99. The van der Waals surface area contributed by atoms with Crippen molar-refractivity contribution in [3.05, 3.63) is 64.8 Å². The Hall–Kier alpha value is -2.77. The van der Waals surface area contributed by atoms with Crippen LogP contribution in [-0.4, -0.2) is 27.0 Å². The van der Waals surface area contributed by atoms with E-state index in [1.165, 1.54) is 0 Å². The molecule has 1 atom stereocenters. The molecule has 1 N–H and O–H groups in total. The summed E-state index contributed by atoms with van der Waals surface area (Å²) in [4.78, 5) is 4.55. The molecular weight excluding hydrogens is 394 g/mol. The van der Waals surface area contributed by atoms with E-state index in [0.29, 0.717) is 5.15 Å². The van der Waals surface area contributed by atoms with Gasteiger partial charge in [0.25, 0.3) is 0 Å². The second-order valence-corrected chi connectivity index (χ2v) is 7.94. The Morgan fingerprint density at radius 3 is 2.82 bits per heavy atom. The molecule has 0 bridgehead atoms. The zero-order valence-corrected chi connectivity index (χ0v) is 16.8. The van der Waals surface area contributed by atoms with Gasteiger partial charge in [-0.05, 0) is 36.8 Å². The standard InChI is InChI=1S/C20H16ClN5OS/c1-11-5-3-4-6-14(11)18-23-24-20-26(18)25-19(28-20)15-10-12-9-13(27-2)7-8-16(12)22-17(15)21/h3-10,19,25H,1-2H3. The van der Waals surface area contributed by atoms with E-state index in [1.807, 2.05) is 47.1 Å². The maximum atomic E-state index is 6.51. The van der Waals surface area contributed by atoms with E-state index in [2.05, 4.69) is 33.6 Å². The lowest BCUT2D eigenvalue weighted by Gasteiger charge is -2.15. The number of aryl methyl sites for hydroxylation is 1. The Labute approximate surface area is 170 Å². The molecule has 0 radical (unpaired) electrons. The number of hydrogen-bond donors (Lipinski definition) is 1. The average Bonchev–Trinajstić information content (AvgIpc) is 3.28. The lowest BCUT2D eigenvalue weighted by Crippen LogP contribution is -2.14. The van der Waals surface area contributed by atoms with Crippen molar-refractivity contribution in [3.8, 4) is 17.1 Å². The molecule has 3 heterocycles. The summed E-state index contributed by atoms with van der Waals surface area (Å²) in [6.45, 7) is 2.06. The number of ether oxygens (including phenoxy) is 1. The molecule has 4 aromatic rings. The molecule has 2 aromatic heterocycles. The Balaban J connectivity index is 1.53. The smallest absolute Gasteiger partial charge is 0.212 e. The van der Waals surface area contributed by atoms with E-state index in [9.17, 15) is 0 Å². The summed E-state index contributed by atoms with van der Waals surface area (Å²) in [5, 5.41) is 10.8. The number of methoxy groups -OCH3 is 1. The predicted octanol–water partition coefficient (Wildman–Crippen LogP) is 4.81. The van der Waals surface area contributed by atoms with Crippen molar-refractivity contribution < 1.29 is 4.74 Å². The van der Waals surface area contributed by atoms with E-state index >= 15 is 0 Å². The predicted molar refractivity (Wildman–Crippen MR) is 111 cm³/mol. The van der Waals surface area contributed by atoms with Gasteiger partial charge in [-0.2, -0.15) is 0 Å². The van der Waals surface area contributed by atoms with Gasteiger partial charge in [0.15, 0.2) is 5.82 Å². The Bertz CT molecular complexity index is 1210. The van der Waals surface area contributed by atoms with Crippen molar-refractivity contribution in [1.29, 1.82) is 0 Å². The SMILES string of the molecule is COc1ccc2nc(Cl)c(C3Nn4c(nnc4-c4ccccc4C)S3)cc2c1. The van der Waals surface area contributed by atoms with Crippen LogP contribution in [-0.2, 0) is 0 Å². The fraction of sp³-hybridized carbons (Fsp3) is 0.150. The zero-order chi connectivity index (χ0) is 19.3. The van der Waals surface area contributed by atoms with Crippen LogP contribution in [0, 0.1) is 6.92 Å². The van der Waals surface area contributed by atoms with Gasteiger partial charge in [0.05, 0.1) is 12.6 Å². The number of rotatable bonds is 3. The van der Waals surface area contributed by atoms with E-state index in [1.54, 1.807) is 18.9 Å². The number of benzene rings is 2. The first kappa shape index (κ1) is 17.3. The number of halogens is 1. The largest absolute Gasteiger partial charge is 0.497 e. The van der Waals surface area contributed by atoms with Crippen LogP contribution in [0.3, 0.4) is 0 Å². The second-order valence-electron chi connectivity index (χ2n) is 6.51. The van der Waals surface area contributed by atoms with Gasteiger partial charge in [0.2, 0.25) is 5.16 Å². The molecular formula is C20H16ClN5OS. The van der Waals surface area contributed by atoms with Gasteiger partial charge in [0.1, 0.15) is 16.3 Å². The number of nitrogens with zero attached hydrogens (tertiary/aromatic N) is 4. The maximum Gasteiger partial charge on any atom is 0.212 e. The topological polar surface area (TPSA) is 64.9 Å². The van der Waals surface area contributed by atoms with Crippen LogP contribution < -0.4 is 10.2 Å². The van der Waals surface area contributed by atoms with Crippen molar-refractivity contribution in [3.63, 3.8) is 0 Å². The zero-order valence-electron chi connectivity index (χ0n) is 15.2. The second kappa shape index (κ2) is 6.68. The van der Waals surface area contributed by atoms with E-state index in [4.69, 9.17) is 16.3 Å². The number of nitrogens with one attached hydrogen (secondary N) is 1. The molecule has 1 aliphatic heterocycles. The molecule has 2 aromatic carbocycles. The molecule has 6 nitrogen and oxygen atoms in total. The summed E-state index contributed by atoms with van der Waals surface area (Å²) >= 11 is 8.07. The third kappa shape index (κ3) is 2.78. The fourth-order valence-corrected chi connectivity index (χ4v) is 4.63. The first-order valence-corrected chi connectivity index (χ1v) is 9.98. The summed E-state index contributed by atoms with van der Waals surface area (Å²) in [6, 6.07) is 15.9. The van der Waals surface area contributed by atoms with Crippen LogP contribution >= 0.6 is 23.4 Å². The fourth-order valence-electron chi connectivity index (χ4n) is 3.30. The first-order chi connectivity index (χ1) is 13.6. The molecule has 1 aliphatic rings. The van der Waals surface area contributed by atoms with Crippen LogP contribution in [0.2, 0.25) is 5.15 Å². The molecule has 28 heavy (non-hydrogen) atoms. The van der Waals surface area contributed by atoms with Gasteiger partial charge in [0, 0.05) is 16.5 Å². The summed E-state index contributed by atoms with van der Waals surface area (Å²) in [5.41, 5.74) is 7.37. The van der Waals surface area contributed by atoms with Gasteiger partial charge in [-0.25, -0.2) is 9.66 Å². The minimum absolute atomic E-state index is 0.108. The molecule has 0 spiro atoms. The molecule has 0 fully saturated rings. The van der Waals surface area contributed by atoms with Crippen molar-refractivity contribution in [2.45, 2.75) is 17.5 Å². The number of pyridine rings is 1. The molecule has 0 aliphatic carbocycles. The van der Waals surface area contributed by atoms with Gasteiger partial charge >= 0.3 is 0 Å². The number of thioether (sulfide) groups is 1. The summed E-state index contributed by atoms with van der Waals surface area (Å²) < 4.78 is 7.25. The minimum atomic E-state index is -0.108. The van der Waals surface area contributed by atoms with Gasteiger partial charge < -0.3 is 10.2 Å². The Morgan fingerprint density at radius 2 is 2.00 bits per heavy atom. The highest BCUT2D eigenvalue weighted by Crippen LogP contribution is 2.43. The highest BCUT2D eigenvalue weighted by atomic mass is 35.5. The molecule has 5 rings (SSSR count). The number of fused-ring (bicyclic) bond motifs is 2. The lowest BCUT2D eigenvalue weighted by atomic mass is 10.1. The molecule has 0 amide bonds. The third-order valence-electron chi connectivity index (χ3n) is 4.77. The minimum Gasteiger partial charge on any atom is -0.497 e. The Morgan fingerprint density at radius 1 is 1.14 bits per heavy atom. The lowest BCUT2D eigenvalue weighted by molar-refractivity contribution is 0.415. The van der Waals surface area contributed by atoms with Crippen LogP contribution in [0.5, 0.6) is 5.75 Å². The van der Waals surface area contributed by atoms with Crippen molar-refractivity contribution >= 4 is 34.3 Å². The third-order valence-corrected chi connectivity index (χ3v) is 6.15. The Kier molecular flexibility index (Phi) is 4.14. The van der Waals surface area contributed by atoms with Crippen molar-refractivity contribution in [2.24, 2.45) is 0 Å². The molecule has 0 saturated carbocycles. The van der Waals surface area contributed by atoms with E-state index in [-0.39, 0.29) is 5.37 Å². The van der Waals surface area contributed by atoms with Gasteiger partial charge in [-0.1, -0.05) is 47.6 Å². The van der Waals surface area contributed by atoms with Crippen LogP contribution in [0.1, 0.15) is 16.5 Å². The first-order valence-electron chi connectivity index (χ1n) is 8.73. The molecule has 0 saturated heterocycles. The number of hydrogen-bond acceptors (Lipinski definition) is 6. The molecule has 8 heteroatoms. The normalized spacial score (nSPS) is 15.5. The van der Waals surface area contributed by atoms with Gasteiger partial charge in [-0.15, -0.1) is 10.2 Å². The average molecular weight is 410 g/mol. The van der Waals surface area contributed by atoms with E-state index < -0.39 is 0 Å². The molecule has 1 unspecified atom stereocenters. The summed E-state index contributed by atoms with van der Waals surface area (Å²) in [6.07, 6.45) is 0. The van der Waals surface area contributed by atoms with Crippen LogP contribution in [0.25, 0.3) is 22.3 Å². The summed E-state index contributed by atoms with van der Waals surface area (Å²) in [5.74, 6) is 1.57. The monoisotopic (exact) mass is 409 g/mol. The van der Waals surface area contributed by atoms with Crippen molar-refractivity contribution in [2.75, 3.05) is 12.5 Å². The van der Waals surface area contributed by atoms with Crippen LogP contribution in [0.15, 0.2) is 53.7 Å². The van der Waals surface area contributed by atoms with Crippen molar-refractivity contribution in [1.82, 2.24) is 19.9 Å². The van der Waals surface area contributed by atoms with Gasteiger partial charge in [-0.3, -0.25) is 0 Å². The quantitative estimate of drug-likeness (QED) is 0.490. The maximum absolute atomic E-state index is 6.51. The van der Waals surface area contributed by atoms with E-state index in [0.717, 1.165) is 44.3 Å². The van der Waals surface area contributed by atoms with Crippen LogP contribution in [0.4, 0.5) is 0 Å². The summed E-state index contributed by atoms with van der Waals surface area (Å²) in [7, 11) is 1.65. The number of aromatic nitrogens is 4. The molecule has 140 valence electrons. The highest BCUT2D eigenvalue weighted by Gasteiger charge is 2.30.